The maximum Gasteiger partial charge on any atom is 0.289 e. The first-order valence-corrected chi connectivity index (χ1v) is 8.51. The van der Waals surface area contributed by atoms with Crippen LogP contribution in [0, 0.1) is 10.1 Å². The van der Waals surface area contributed by atoms with Crippen molar-refractivity contribution in [3.05, 3.63) is 62.5 Å². The van der Waals surface area contributed by atoms with E-state index < -0.39 is 4.92 Å². The summed E-state index contributed by atoms with van der Waals surface area (Å²) in [5.74, 6) is -0.317. The van der Waals surface area contributed by atoms with Crippen LogP contribution in [0.2, 0.25) is 5.02 Å². The quantitative estimate of drug-likeness (QED) is 0.526. The Morgan fingerprint density at radius 3 is 2.68 bits per heavy atom. The number of rotatable bonds is 4. The van der Waals surface area contributed by atoms with Crippen LogP contribution in [0.3, 0.4) is 0 Å². The molecule has 0 aliphatic rings. The fourth-order valence-electron chi connectivity index (χ4n) is 2.47. The number of benzene rings is 2. The molecule has 0 aliphatic carbocycles. The zero-order valence-corrected chi connectivity index (χ0v) is 15.0. The number of nitrogens with zero attached hydrogens (tertiary/aromatic N) is 2. The first-order chi connectivity index (χ1) is 11.9. The van der Waals surface area contributed by atoms with Gasteiger partial charge in [-0.1, -0.05) is 17.7 Å². The van der Waals surface area contributed by atoms with Crippen molar-refractivity contribution in [1.82, 2.24) is 0 Å². The minimum atomic E-state index is -0.583. The molecule has 1 aromatic heterocycles. The SMILES string of the molecule is CN(C)c1cccc2sc(C(=O)Nc3ccc(Cl)c([N+](=O)[O-])c3)cc12. The summed E-state index contributed by atoms with van der Waals surface area (Å²) in [5, 5.41) is 14.7. The number of hydrogen-bond acceptors (Lipinski definition) is 5. The van der Waals surface area contributed by atoms with E-state index in [0.29, 0.717) is 10.6 Å². The molecule has 8 heteroatoms. The predicted molar refractivity (Wildman–Crippen MR) is 102 cm³/mol. The second-order valence-electron chi connectivity index (χ2n) is 5.57. The van der Waals surface area contributed by atoms with Gasteiger partial charge in [-0.25, -0.2) is 0 Å². The average molecular weight is 376 g/mol. The van der Waals surface area contributed by atoms with Crippen molar-refractivity contribution in [3.8, 4) is 0 Å². The molecule has 0 bridgehead atoms. The molecule has 25 heavy (non-hydrogen) atoms. The van der Waals surface area contributed by atoms with Crippen molar-refractivity contribution in [1.29, 1.82) is 0 Å². The second kappa shape index (κ2) is 6.70. The fourth-order valence-corrected chi connectivity index (χ4v) is 3.63. The number of anilines is 2. The van der Waals surface area contributed by atoms with Gasteiger partial charge < -0.3 is 10.2 Å². The van der Waals surface area contributed by atoms with E-state index in [4.69, 9.17) is 11.6 Å². The number of halogens is 1. The van der Waals surface area contributed by atoms with Crippen molar-refractivity contribution in [2.45, 2.75) is 0 Å². The molecule has 3 rings (SSSR count). The number of amides is 1. The summed E-state index contributed by atoms with van der Waals surface area (Å²) in [6, 6.07) is 11.9. The number of nitrogens with one attached hydrogen (secondary N) is 1. The molecule has 1 amide bonds. The van der Waals surface area contributed by atoms with E-state index in [1.807, 2.05) is 43.3 Å². The van der Waals surface area contributed by atoms with E-state index in [-0.39, 0.29) is 16.6 Å². The number of hydrogen-bond donors (Lipinski definition) is 1. The Kier molecular flexibility index (Phi) is 4.61. The first kappa shape index (κ1) is 17.2. The maximum atomic E-state index is 12.5. The Balaban J connectivity index is 1.92. The lowest BCUT2D eigenvalue weighted by Crippen LogP contribution is -2.10. The van der Waals surface area contributed by atoms with Gasteiger partial charge in [-0.05, 0) is 30.3 Å². The van der Waals surface area contributed by atoms with E-state index in [9.17, 15) is 14.9 Å². The maximum absolute atomic E-state index is 12.5. The fraction of sp³-hybridized carbons (Fsp3) is 0.118. The Labute approximate surface area is 152 Å². The lowest BCUT2D eigenvalue weighted by Gasteiger charge is -2.13. The van der Waals surface area contributed by atoms with Gasteiger partial charge in [0, 0.05) is 41.6 Å². The highest BCUT2D eigenvalue weighted by molar-refractivity contribution is 7.21. The van der Waals surface area contributed by atoms with Crippen molar-refractivity contribution in [2.24, 2.45) is 0 Å². The zero-order valence-electron chi connectivity index (χ0n) is 13.4. The van der Waals surface area contributed by atoms with E-state index in [1.165, 1.54) is 29.5 Å². The summed E-state index contributed by atoms with van der Waals surface area (Å²) in [4.78, 5) is 25.4. The molecule has 0 saturated carbocycles. The van der Waals surface area contributed by atoms with Crippen molar-refractivity contribution >= 4 is 56.0 Å². The number of thiophene rings is 1. The van der Waals surface area contributed by atoms with Crippen LogP contribution in [0.4, 0.5) is 17.1 Å². The minimum Gasteiger partial charge on any atom is -0.377 e. The summed E-state index contributed by atoms with van der Waals surface area (Å²) in [6.07, 6.45) is 0. The Bertz CT molecular complexity index is 984. The van der Waals surface area contributed by atoms with Crippen LogP contribution in [0.25, 0.3) is 10.1 Å². The van der Waals surface area contributed by atoms with Crippen molar-refractivity contribution < 1.29 is 9.72 Å². The van der Waals surface area contributed by atoms with Crippen molar-refractivity contribution in [3.63, 3.8) is 0 Å². The third-order valence-electron chi connectivity index (χ3n) is 3.64. The summed E-state index contributed by atoms with van der Waals surface area (Å²) in [7, 11) is 3.89. The topological polar surface area (TPSA) is 75.5 Å². The molecular formula is C17H14ClN3O3S. The number of fused-ring (bicyclic) bond motifs is 1. The van der Waals surface area contributed by atoms with Gasteiger partial charge >= 0.3 is 0 Å². The molecule has 0 unspecified atom stereocenters. The van der Waals surface area contributed by atoms with Crippen LogP contribution < -0.4 is 10.2 Å². The first-order valence-electron chi connectivity index (χ1n) is 7.32. The molecule has 6 nitrogen and oxygen atoms in total. The van der Waals surface area contributed by atoms with Gasteiger partial charge in [0.15, 0.2) is 0 Å². The largest absolute Gasteiger partial charge is 0.377 e. The molecule has 1 N–H and O–H groups in total. The van der Waals surface area contributed by atoms with Gasteiger partial charge in [0.2, 0.25) is 0 Å². The number of carbonyl (C=O) groups is 1. The monoisotopic (exact) mass is 375 g/mol. The molecular weight excluding hydrogens is 362 g/mol. The van der Waals surface area contributed by atoms with E-state index in [0.717, 1.165) is 15.8 Å². The van der Waals surface area contributed by atoms with E-state index in [2.05, 4.69) is 5.32 Å². The Morgan fingerprint density at radius 2 is 2.00 bits per heavy atom. The van der Waals surface area contributed by atoms with Gasteiger partial charge in [-0.15, -0.1) is 11.3 Å². The number of carbonyl (C=O) groups excluding carboxylic acids is 1. The van der Waals surface area contributed by atoms with Crippen LogP contribution >= 0.6 is 22.9 Å². The lowest BCUT2D eigenvalue weighted by molar-refractivity contribution is -0.384. The second-order valence-corrected chi connectivity index (χ2v) is 7.06. The van der Waals surface area contributed by atoms with Gasteiger partial charge in [0.1, 0.15) is 5.02 Å². The highest BCUT2D eigenvalue weighted by atomic mass is 35.5. The highest BCUT2D eigenvalue weighted by Crippen LogP contribution is 2.33. The molecule has 0 saturated heterocycles. The van der Waals surface area contributed by atoms with Gasteiger partial charge in [0.05, 0.1) is 9.80 Å². The number of nitro groups is 1. The number of nitro benzene ring substituents is 1. The zero-order chi connectivity index (χ0) is 18.1. The molecule has 128 valence electrons. The summed E-state index contributed by atoms with van der Waals surface area (Å²) >= 11 is 7.16. The van der Waals surface area contributed by atoms with Crippen LogP contribution in [-0.4, -0.2) is 24.9 Å². The molecule has 0 atom stereocenters. The van der Waals surface area contributed by atoms with Gasteiger partial charge in [-0.2, -0.15) is 0 Å². The minimum absolute atomic E-state index is 0.0282. The van der Waals surface area contributed by atoms with Gasteiger partial charge in [0.25, 0.3) is 11.6 Å². The molecule has 2 aromatic carbocycles. The van der Waals surface area contributed by atoms with E-state index in [1.54, 1.807) is 0 Å². The summed E-state index contributed by atoms with van der Waals surface area (Å²) in [6.45, 7) is 0. The third-order valence-corrected chi connectivity index (χ3v) is 5.06. The summed E-state index contributed by atoms with van der Waals surface area (Å²) < 4.78 is 0.999. The third kappa shape index (κ3) is 3.42. The standard InChI is InChI=1S/C17H14ClN3O3S/c1-20(2)13-4-3-5-15-11(13)9-16(25-15)17(22)19-10-6-7-12(18)14(8-10)21(23)24/h3-9H,1-2H3,(H,19,22). The van der Waals surface area contributed by atoms with Crippen LogP contribution in [0.5, 0.6) is 0 Å². The normalized spacial score (nSPS) is 10.7. The molecule has 0 radical (unpaired) electrons. The average Bonchev–Trinajstić information content (AvgIpc) is 3.00. The van der Waals surface area contributed by atoms with E-state index >= 15 is 0 Å². The molecule has 0 aliphatic heterocycles. The van der Waals surface area contributed by atoms with Crippen molar-refractivity contribution in [2.75, 3.05) is 24.3 Å². The highest BCUT2D eigenvalue weighted by Gasteiger charge is 2.16. The smallest absolute Gasteiger partial charge is 0.289 e. The van der Waals surface area contributed by atoms with Crippen LogP contribution in [0.1, 0.15) is 9.67 Å². The van der Waals surface area contributed by atoms with Gasteiger partial charge in [-0.3, -0.25) is 14.9 Å². The van der Waals surface area contributed by atoms with Crippen LogP contribution in [-0.2, 0) is 0 Å². The molecule has 3 aromatic rings. The summed E-state index contributed by atoms with van der Waals surface area (Å²) in [5.41, 5.74) is 1.10. The lowest BCUT2D eigenvalue weighted by atomic mass is 10.2. The Hall–Kier alpha value is -2.64. The molecule has 1 heterocycles. The molecule has 0 fully saturated rings. The van der Waals surface area contributed by atoms with Crippen LogP contribution in [0.15, 0.2) is 42.5 Å². The molecule has 0 spiro atoms. The predicted octanol–water partition coefficient (Wildman–Crippen LogP) is 4.78. The Morgan fingerprint density at radius 1 is 1.24 bits per heavy atom.